The van der Waals surface area contributed by atoms with Gasteiger partial charge in [-0.05, 0) is 48.6 Å². The fourth-order valence-electron chi connectivity index (χ4n) is 5.38. The van der Waals surface area contributed by atoms with Crippen LogP contribution >= 0.6 is 0 Å². The van der Waals surface area contributed by atoms with E-state index >= 15 is 0 Å². The number of benzene rings is 2. The van der Waals surface area contributed by atoms with E-state index < -0.39 is 30.1 Å². The van der Waals surface area contributed by atoms with Crippen molar-refractivity contribution in [1.29, 1.82) is 0 Å². The Hall–Kier alpha value is -2.61. The molecule has 1 aliphatic heterocycles. The number of methoxy groups -OCH3 is 1. The molecule has 4 atom stereocenters. The van der Waals surface area contributed by atoms with Crippen LogP contribution in [0.1, 0.15) is 36.5 Å². The van der Waals surface area contributed by atoms with E-state index in [9.17, 15) is 20.1 Å². The minimum atomic E-state index is -1.46. The Labute approximate surface area is 200 Å². The van der Waals surface area contributed by atoms with Gasteiger partial charge >= 0.3 is 0 Å². The summed E-state index contributed by atoms with van der Waals surface area (Å²) in [5.74, 6) is 0.978. The molecule has 2 aromatic carbocycles. The Balaban J connectivity index is 1.54. The van der Waals surface area contributed by atoms with Gasteiger partial charge < -0.3 is 29.7 Å². The maximum atomic E-state index is 12.6. The van der Waals surface area contributed by atoms with Crippen LogP contribution < -0.4 is 9.47 Å². The molecule has 0 spiro atoms. The van der Waals surface area contributed by atoms with E-state index in [-0.39, 0.29) is 12.5 Å². The lowest BCUT2D eigenvalue weighted by Gasteiger charge is -2.34. The normalized spacial score (nSPS) is 24.1. The summed E-state index contributed by atoms with van der Waals surface area (Å²) in [6.45, 7) is 4.23. The fourth-order valence-corrected chi connectivity index (χ4v) is 5.38. The highest BCUT2D eigenvalue weighted by molar-refractivity contribution is 5.81. The van der Waals surface area contributed by atoms with Crippen molar-refractivity contribution in [2.45, 2.75) is 44.8 Å². The zero-order valence-electron chi connectivity index (χ0n) is 20.1. The van der Waals surface area contributed by atoms with E-state index in [1.807, 2.05) is 25.1 Å². The maximum Gasteiger partial charge on any atom is 0.253 e. The molecule has 1 amide bonds. The van der Waals surface area contributed by atoms with Gasteiger partial charge in [0.1, 0.15) is 0 Å². The summed E-state index contributed by atoms with van der Waals surface area (Å²) in [7, 11) is 1.61. The molecule has 1 unspecified atom stereocenters. The Bertz CT molecular complexity index is 999. The third-order valence-electron chi connectivity index (χ3n) is 7.65. The van der Waals surface area contributed by atoms with E-state index in [1.165, 1.54) is 16.0 Å². The molecule has 0 saturated carbocycles. The highest BCUT2D eigenvalue weighted by Gasteiger charge is 2.49. The zero-order chi connectivity index (χ0) is 24.5. The smallest absolute Gasteiger partial charge is 0.253 e. The van der Waals surface area contributed by atoms with Gasteiger partial charge in [0.25, 0.3) is 5.91 Å². The third-order valence-corrected chi connectivity index (χ3v) is 7.65. The third kappa shape index (κ3) is 4.65. The SMILES string of the molecule is COc1ccc([C@@H]2CN(C(=O)C(O)CO)C[C@@]2(C)[C@@H](C)O)cc1OCC1Cc2ccccc2C1. The van der Waals surface area contributed by atoms with E-state index in [4.69, 9.17) is 9.47 Å². The first-order valence-corrected chi connectivity index (χ1v) is 11.9. The summed E-state index contributed by atoms with van der Waals surface area (Å²) < 4.78 is 11.8. The number of nitrogens with zero attached hydrogens (tertiary/aromatic N) is 1. The van der Waals surface area contributed by atoms with Crippen molar-refractivity contribution in [3.63, 3.8) is 0 Å². The Morgan fingerprint density at radius 1 is 1.15 bits per heavy atom. The molecule has 1 fully saturated rings. The summed E-state index contributed by atoms with van der Waals surface area (Å²) in [4.78, 5) is 14.1. The standard InChI is InChI=1S/C27H35NO6/c1-17(30)27(2)16-28(26(32)23(31)14-29)13-22(27)21-8-9-24(33-3)25(12-21)34-15-18-10-19-6-4-5-7-20(19)11-18/h4-9,12,17-18,22-23,29-31H,10-11,13-16H2,1-3H3/t17-,22+,23?,27+/m1/s1. The number of rotatable bonds is 8. The van der Waals surface area contributed by atoms with Crippen molar-refractivity contribution in [2.75, 3.05) is 33.4 Å². The number of hydrogen-bond donors (Lipinski definition) is 3. The molecule has 2 aliphatic rings. The monoisotopic (exact) mass is 469 g/mol. The average molecular weight is 470 g/mol. The molecule has 4 rings (SSSR count). The van der Waals surface area contributed by atoms with Gasteiger partial charge in [0.2, 0.25) is 0 Å². The molecular formula is C27H35NO6. The van der Waals surface area contributed by atoms with Gasteiger partial charge in [0.05, 0.1) is 26.4 Å². The fraction of sp³-hybridized carbons (Fsp3) is 0.519. The topological polar surface area (TPSA) is 99.5 Å². The highest BCUT2D eigenvalue weighted by Crippen LogP contribution is 2.47. The number of carbonyl (C=O) groups excluding carboxylic acids is 1. The van der Waals surface area contributed by atoms with Gasteiger partial charge in [-0.15, -0.1) is 0 Å². The second-order valence-corrected chi connectivity index (χ2v) is 9.92. The molecule has 1 heterocycles. The number of aliphatic hydroxyl groups excluding tert-OH is 3. The van der Waals surface area contributed by atoms with Crippen LogP contribution in [0, 0.1) is 11.3 Å². The van der Waals surface area contributed by atoms with E-state index in [1.54, 1.807) is 14.0 Å². The first kappa shape index (κ1) is 24.5. The number of hydrogen-bond acceptors (Lipinski definition) is 6. The van der Waals surface area contributed by atoms with Crippen LogP contribution in [0.5, 0.6) is 11.5 Å². The Kier molecular flexibility index (Phi) is 7.17. The van der Waals surface area contributed by atoms with Crippen LogP contribution in [0.4, 0.5) is 0 Å². The van der Waals surface area contributed by atoms with Crippen LogP contribution in [-0.2, 0) is 17.6 Å². The van der Waals surface area contributed by atoms with Gasteiger partial charge in [-0.1, -0.05) is 37.3 Å². The molecular weight excluding hydrogens is 434 g/mol. The van der Waals surface area contributed by atoms with Gasteiger partial charge in [0.15, 0.2) is 17.6 Å². The second kappa shape index (κ2) is 9.94. The van der Waals surface area contributed by atoms with Crippen LogP contribution in [0.15, 0.2) is 42.5 Å². The minimum Gasteiger partial charge on any atom is -0.493 e. The number of ether oxygens (including phenoxy) is 2. The lowest BCUT2D eigenvalue weighted by Crippen LogP contribution is -2.42. The number of amides is 1. The largest absolute Gasteiger partial charge is 0.493 e. The van der Waals surface area contributed by atoms with Gasteiger partial charge in [0, 0.05) is 30.3 Å². The van der Waals surface area contributed by atoms with Gasteiger partial charge in [-0.25, -0.2) is 0 Å². The molecule has 2 aromatic rings. The van der Waals surface area contributed by atoms with Crippen molar-refractivity contribution in [3.05, 3.63) is 59.2 Å². The highest BCUT2D eigenvalue weighted by atomic mass is 16.5. The molecule has 0 bridgehead atoms. The molecule has 1 saturated heterocycles. The molecule has 34 heavy (non-hydrogen) atoms. The van der Waals surface area contributed by atoms with Crippen molar-refractivity contribution in [2.24, 2.45) is 11.3 Å². The van der Waals surface area contributed by atoms with Crippen LogP contribution in [0.3, 0.4) is 0 Å². The molecule has 0 radical (unpaired) electrons. The first-order valence-electron chi connectivity index (χ1n) is 11.9. The molecule has 184 valence electrons. The number of carbonyl (C=O) groups is 1. The number of aliphatic hydroxyl groups is 3. The summed E-state index contributed by atoms with van der Waals surface area (Å²) in [6.07, 6.45) is -0.164. The molecule has 3 N–H and O–H groups in total. The van der Waals surface area contributed by atoms with Crippen molar-refractivity contribution in [3.8, 4) is 11.5 Å². The molecule has 7 heteroatoms. The van der Waals surface area contributed by atoms with Gasteiger partial charge in [-0.2, -0.15) is 0 Å². The second-order valence-electron chi connectivity index (χ2n) is 9.92. The lowest BCUT2D eigenvalue weighted by atomic mass is 9.72. The summed E-state index contributed by atoms with van der Waals surface area (Å²) in [5, 5.41) is 29.7. The quantitative estimate of drug-likeness (QED) is 0.548. The minimum absolute atomic E-state index is 0.175. The van der Waals surface area contributed by atoms with E-state index in [0.29, 0.717) is 30.6 Å². The predicted molar refractivity (Wildman–Crippen MR) is 128 cm³/mol. The molecule has 7 nitrogen and oxygen atoms in total. The maximum absolute atomic E-state index is 12.6. The first-order chi connectivity index (χ1) is 16.3. The zero-order valence-corrected chi connectivity index (χ0v) is 20.1. The van der Waals surface area contributed by atoms with Gasteiger partial charge in [-0.3, -0.25) is 4.79 Å². The van der Waals surface area contributed by atoms with E-state index in [2.05, 4.69) is 24.3 Å². The van der Waals surface area contributed by atoms with E-state index in [0.717, 1.165) is 18.4 Å². The summed E-state index contributed by atoms with van der Waals surface area (Å²) >= 11 is 0. The van der Waals surface area contributed by atoms with Crippen molar-refractivity contribution >= 4 is 5.91 Å². The average Bonchev–Trinajstić information content (AvgIpc) is 3.43. The summed E-state index contributed by atoms with van der Waals surface area (Å²) in [5.41, 5.74) is 3.07. The number of fused-ring (bicyclic) bond motifs is 1. The van der Waals surface area contributed by atoms with Crippen LogP contribution in [-0.4, -0.2) is 71.7 Å². The van der Waals surface area contributed by atoms with Crippen LogP contribution in [0.25, 0.3) is 0 Å². The molecule has 1 aliphatic carbocycles. The summed E-state index contributed by atoms with van der Waals surface area (Å²) in [6, 6.07) is 14.2. The lowest BCUT2D eigenvalue weighted by molar-refractivity contribution is -0.141. The Morgan fingerprint density at radius 2 is 1.82 bits per heavy atom. The van der Waals surface area contributed by atoms with Crippen LogP contribution in [0.2, 0.25) is 0 Å². The molecule has 0 aromatic heterocycles. The Morgan fingerprint density at radius 3 is 2.41 bits per heavy atom. The predicted octanol–water partition coefficient (Wildman–Crippen LogP) is 2.16. The van der Waals surface area contributed by atoms with Crippen molar-refractivity contribution < 1.29 is 29.6 Å². The number of likely N-dealkylation sites (tertiary alicyclic amines) is 1. The van der Waals surface area contributed by atoms with Crippen molar-refractivity contribution in [1.82, 2.24) is 4.90 Å².